The molecule has 37 heavy (non-hydrogen) atoms. The normalized spacial score (nSPS) is 27.8. The Kier molecular flexibility index (Phi) is 9.00. The van der Waals surface area contributed by atoms with Crippen LogP contribution in [0.5, 0.6) is 0 Å². The average molecular weight is 505 g/mol. The van der Waals surface area contributed by atoms with Crippen molar-refractivity contribution >= 4 is 0 Å². The number of hydrogen-bond donors (Lipinski definition) is 1. The molecule has 1 N–H and O–H groups in total. The number of aliphatic hydroxyl groups is 1. The number of benzene rings is 3. The van der Waals surface area contributed by atoms with E-state index in [9.17, 15) is 5.11 Å². The molecule has 0 amide bonds. The predicted octanol–water partition coefficient (Wildman–Crippen LogP) is 5.03. The van der Waals surface area contributed by atoms with Gasteiger partial charge in [-0.2, -0.15) is 0 Å². The van der Waals surface area contributed by atoms with Gasteiger partial charge >= 0.3 is 0 Å². The van der Waals surface area contributed by atoms with E-state index in [4.69, 9.17) is 23.7 Å². The lowest BCUT2D eigenvalue weighted by molar-refractivity contribution is -0.352. The molecule has 2 aliphatic heterocycles. The first-order valence-corrected chi connectivity index (χ1v) is 13.1. The summed E-state index contributed by atoms with van der Waals surface area (Å²) in [5.74, 6) is -0.825. The largest absolute Gasteiger partial charge is 0.391 e. The van der Waals surface area contributed by atoms with Gasteiger partial charge in [0, 0.05) is 12.8 Å². The Labute approximate surface area is 219 Å². The van der Waals surface area contributed by atoms with Crippen LogP contribution in [0.15, 0.2) is 91.0 Å². The van der Waals surface area contributed by atoms with Gasteiger partial charge in [0.15, 0.2) is 5.79 Å². The van der Waals surface area contributed by atoms with Gasteiger partial charge in [0.1, 0.15) is 12.2 Å². The fourth-order valence-corrected chi connectivity index (χ4v) is 5.01. The Hall–Kier alpha value is -2.58. The third kappa shape index (κ3) is 7.26. The van der Waals surface area contributed by atoms with Crippen LogP contribution in [-0.4, -0.2) is 48.5 Å². The molecule has 0 bridgehead atoms. The second kappa shape index (κ2) is 12.8. The van der Waals surface area contributed by atoms with Crippen LogP contribution in [0.1, 0.15) is 36.0 Å². The Balaban J connectivity index is 1.34. The third-order valence-corrected chi connectivity index (χ3v) is 6.99. The smallest absolute Gasteiger partial charge is 0.171 e. The summed E-state index contributed by atoms with van der Waals surface area (Å²) in [5.41, 5.74) is 3.29. The van der Waals surface area contributed by atoms with Crippen molar-refractivity contribution in [1.29, 1.82) is 0 Å². The molecule has 2 fully saturated rings. The Bertz CT molecular complexity index is 1050. The summed E-state index contributed by atoms with van der Waals surface area (Å²) in [6, 6.07) is 30.4. The van der Waals surface area contributed by atoms with Crippen LogP contribution < -0.4 is 0 Å². The fraction of sp³-hybridized carbons (Fsp3) is 0.419. The second-order valence-corrected chi connectivity index (χ2v) is 9.87. The maximum absolute atomic E-state index is 10.1. The van der Waals surface area contributed by atoms with Crippen LogP contribution in [0.3, 0.4) is 0 Å². The highest BCUT2D eigenvalue weighted by molar-refractivity contribution is 5.15. The van der Waals surface area contributed by atoms with Crippen molar-refractivity contribution in [3.05, 3.63) is 108 Å². The first kappa shape index (κ1) is 26.0. The predicted molar refractivity (Wildman–Crippen MR) is 140 cm³/mol. The Morgan fingerprint density at radius 1 is 0.757 bits per heavy atom. The van der Waals surface area contributed by atoms with Crippen molar-refractivity contribution in [2.75, 3.05) is 13.2 Å². The molecule has 2 saturated heterocycles. The van der Waals surface area contributed by atoms with E-state index in [1.807, 2.05) is 66.7 Å². The molecule has 196 valence electrons. The molecule has 0 aromatic heterocycles. The molecule has 0 unspecified atom stereocenters. The van der Waals surface area contributed by atoms with E-state index >= 15 is 0 Å². The van der Waals surface area contributed by atoms with Gasteiger partial charge in [-0.1, -0.05) is 91.0 Å². The zero-order valence-corrected chi connectivity index (χ0v) is 21.1. The summed E-state index contributed by atoms with van der Waals surface area (Å²) < 4.78 is 31.9. The molecule has 5 atom stereocenters. The van der Waals surface area contributed by atoms with Crippen LogP contribution >= 0.6 is 0 Å². The Morgan fingerprint density at radius 3 is 1.89 bits per heavy atom. The zero-order chi connectivity index (χ0) is 25.3. The summed E-state index contributed by atoms with van der Waals surface area (Å²) in [5, 5.41) is 10.1. The lowest BCUT2D eigenvalue weighted by Crippen LogP contribution is -2.60. The van der Waals surface area contributed by atoms with E-state index in [2.05, 4.69) is 24.3 Å². The van der Waals surface area contributed by atoms with E-state index in [0.29, 0.717) is 45.7 Å². The first-order chi connectivity index (χ1) is 18.2. The van der Waals surface area contributed by atoms with Crippen LogP contribution in [0.4, 0.5) is 0 Å². The van der Waals surface area contributed by atoms with E-state index in [1.54, 1.807) is 0 Å². The minimum absolute atomic E-state index is 0.249. The maximum atomic E-state index is 10.1. The SMILES string of the molecule is O[C@H]1CC[C@]2(C[C@@H](OCc3ccccc3)[C@H](OCc3ccccc3)[C@@H](COCc3ccccc3)O2)OC1. The second-order valence-electron chi connectivity index (χ2n) is 9.87. The minimum atomic E-state index is -0.825. The molecular weight excluding hydrogens is 468 g/mol. The molecule has 0 radical (unpaired) electrons. The van der Waals surface area contributed by atoms with Crippen molar-refractivity contribution in [2.45, 2.75) is 69.3 Å². The van der Waals surface area contributed by atoms with E-state index in [0.717, 1.165) is 16.7 Å². The standard InChI is InChI=1S/C31H36O6/c32-27-16-17-31(36-22-27)18-28(34-20-25-12-6-2-7-13-25)30(35-21-26-14-8-3-9-15-26)29(37-31)23-33-19-24-10-4-1-5-11-24/h1-15,27-30,32H,16-23H2/t27-,28+,29+,30-,31-/m0/s1. The van der Waals surface area contributed by atoms with Crippen LogP contribution in [0.2, 0.25) is 0 Å². The minimum Gasteiger partial charge on any atom is -0.391 e. The molecule has 1 spiro atoms. The highest BCUT2D eigenvalue weighted by Gasteiger charge is 2.51. The summed E-state index contributed by atoms with van der Waals surface area (Å²) in [6.07, 6.45) is 0.272. The van der Waals surface area contributed by atoms with E-state index < -0.39 is 18.0 Å². The molecule has 5 rings (SSSR count). The van der Waals surface area contributed by atoms with Gasteiger partial charge in [-0.15, -0.1) is 0 Å². The molecule has 2 heterocycles. The first-order valence-electron chi connectivity index (χ1n) is 13.1. The lowest BCUT2D eigenvalue weighted by Gasteiger charge is -2.49. The molecule has 2 aliphatic rings. The molecule has 0 aliphatic carbocycles. The summed E-state index contributed by atoms with van der Waals surface area (Å²) in [7, 11) is 0. The number of hydrogen-bond acceptors (Lipinski definition) is 6. The summed E-state index contributed by atoms with van der Waals surface area (Å²) >= 11 is 0. The summed E-state index contributed by atoms with van der Waals surface area (Å²) in [4.78, 5) is 0. The van der Waals surface area contributed by atoms with Crippen LogP contribution in [0.25, 0.3) is 0 Å². The van der Waals surface area contributed by atoms with Gasteiger partial charge in [-0.05, 0) is 23.1 Å². The topological polar surface area (TPSA) is 66.4 Å². The molecular formula is C31H36O6. The van der Waals surface area contributed by atoms with E-state index in [-0.39, 0.29) is 18.8 Å². The van der Waals surface area contributed by atoms with Crippen molar-refractivity contribution < 1.29 is 28.8 Å². The highest BCUT2D eigenvalue weighted by Crippen LogP contribution is 2.40. The molecule has 6 heteroatoms. The van der Waals surface area contributed by atoms with Gasteiger partial charge in [-0.3, -0.25) is 0 Å². The zero-order valence-electron chi connectivity index (χ0n) is 21.1. The quantitative estimate of drug-likeness (QED) is 0.418. The van der Waals surface area contributed by atoms with Crippen molar-refractivity contribution in [3.63, 3.8) is 0 Å². The number of rotatable bonds is 10. The van der Waals surface area contributed by atoms with Crippen molar-refractivity contribution in [2.24, 2.45) is 0 Å². The van der Waals surface area contributed by atoms with Gasteiger partial charge in [0.2, 0.25) is 0 Å². The average Bonchev–Trinajstić information content (AvgIpc) is 2.95. The van der Waals surface area contributed by atoms with Gasteiger partial charge in [0.05, 0.1) is 45.2 Å². The highest BCUT2D eigenvalue weighted by atomic mass is 16.7. The van der Waals surface area contributed by atoms with E-state index in [1.165, 1.54) is 0 Å². The molecule has 3 aromatic carbocycles. The monoisotopic (exact) mass is 504 g/mol. The van der Waals surface area contributed by atoms with Gasteiger partial charge in [0.25, 0.3) is 0 Å². The fourth-order valence-electron chi connectivity index (χ4n) is 5.01. The van der Waals surface area contributed by atoms with Gasteiger partial charge in [-0.25, -0.2) is 0 Å². The third-order valence-electron chi connectivity index (χ3n) is 6.99. The maximum Gasteiger partial charge on any atom is 0.171 e. The van der Waals surface area contributed by atoms with Crippen molar-refractivity contribution in [1.82, 2.24) is 0 Å². The molecule has 6 nitrogen and oxygen atoms in total. The molecule has 0 saturated carbocycles. The van der Waals surface area contributed by atoms with Crippen LogP contribution in [0, 0.1) is 0 Å². The Morgan fingerprint density at radius 2 is 1.32 bits per heavy atom. The summed E-state index contributed by atoms with van der Waals surface area (Å²) in [6.45, 7) is 1.98. The number of ether oxygens (including phenoxy) is 5. The number of aliphatic hydroxyl groups excluding tert-OH is 1. The lowest BCUT2D eigenvalue weighted by atomic mass is 9.90. The van der Waals surface area contributed by atoms with Crippen molar-refractivity contribution in [3.8, 4) is 0 Å². The molecule has 3 aromatic rings. The van der Waals surface area contributed by atoms with Crippen LogP contribution in [-0.2, 0) is 43.5 Å². The van der Waals surface area contributed by atoms with Gasteiger partial charge < -0.3 is 28.8 Å².